The molecule has 0 spiro atoms. The average Bonchev–Trinajstić information content (AvgIpc) is 3.11. The van der Waals surface area contributed by atoms with Crippen molar-refractivity contribution in [2.75, 3.05) is 32.5 Å². The standard InChI is InChI=1S/C20H22ClN3O3S/c1-24(2)14-6-13-22-19-20(28(25,26)17-7-4-3-5-8-17)23-18(27-19)15-9-11-16(21)12-10-15/h3-5,7-12,22H,6,13-14H2,1-2H3/p+1. The van der Waals surface area contributed by atoms with Crippen LogP contribution in [0.3, 0.4) is 0 Å². The van der Waals surface area contributed by atoms with E-state index in [0.717, 1.165) is 13.0 Å². The van der Waals surface area contributed by atoms with Crippen molar-refractivity contribution in [1.29, 1.82) is 0 Å². The van der Waals surface area contributed by atoms with Crippen LogP contribution in [0.2, 0.25) is 5.02 Å². The van der Waals surface area contributed by atoms with Gasteiger partial charge in [0.15, 0.2) is 0 Å². The molecule has 1 aromatic heterocycles. The van der Waals surface area contributed by atoms with E-state index < -0.39 is 9.84 Å². The van der Waals surface area contributed by atoms with Crippen molar-refractivity contribution in [3.8, 4) is 11.5 Å². The quantitative estimate of drug-likeness (QED) is 0.548. The lowest BCUT2D eigenvalue weighted by Crippen LogP contribution is -3.05. The Morgan fingerprint density at radius 2 is 1.75 bits per heavy atom. The molecule has 6 nitrogen and oxygen atoms in total. The van der Waals surface area contributed by atoms with Crippen molar-refractivity contribution >= 4 is 27.3 Å². The normalized spacial score (nSPS) is 11.7. The van der Waals surface area contributed by atoms with Gasteiger partial charge in [0, 0.05) is 23.6 Å². The molecule has 0 radical (unpaired) electrons. The Morgan fingerprint density at radius 1 is 1.07 bits per heavy atom. The molecule has 0 bridgehead atoms. The molecule has 0 atom stereocenters. The van der Waals surface area contributed by atoms with E-state index in [9.17, 15) is 8.42 Å². The molecule has 0 fully saturated rings. The van der Waals surface area contributed by atoms with Gasteiger partial charge >= 0.3 is 0 Å². The number of halogens is 1. The second-order valence-corrected chi connectivity index (χ2v) is 9.02. The van der Waals surface area contributed by atoms with Gasteiger partial charge in [0.25, 0.3) is 0 Å². The Hall–Kier alpha value is -2.35. The van der Waals surface area contributed by atoms with E-state index in [4.69, 9.17) is 16.0 Å². The van der Waals surface area contributed by atoms with E-state index in [1.807, 2.05) is 0 Å². The number of quaternary nitrogens is 1. The first-order chi connectivity index (χ1) is 13.4. The van der Waals surface area contributed by atoms with Gasteiger partial charge in [-0.25, -0.2) is 8.42 Å². The Kier molecular flexibility index (Phi) is 6.39. The molecule has 0 aliphatic rings. The lowest BCUT2D eigenvalue weighted by molar-refractivity contribution is -0.858. The van der Waals surface area contributed by atoms with Gasteiger partial charge in [-0.3, -0.25) is 0 Å². The first kappa shape index (κ1) is 20.4. The molecule has 0 aliphatic heterocycles. The predicted molar refractivity (Wildman–Crippen MR) is 110 cm³/mol. The maximum Gasteiger partial charge on any atom is 0.233 e. The number of aromatic nitrogens is 1. The molecular weight excluding hydrogens is 398 g/mol. The molecule has 0 aliphatic carbocycles. The zero-order valence-electron chi connectivity index (χ0n) is 15.8. The molecule has 8 heteroatoms. The zero-order valence-corrected chi connectivity index (χ0v) is 17.3. The number of rotatable bonds is 8. The smallest absolute Gasteiger partial charge is 0.233 e. The van der Waals surface area contributed by atoms with E-state index in [1.54, 1.807) is 54.6 Å². The summed E-state index contributed by atoms with van der Waals surface area (Å²) in [5, 5.41) is 3.57. The van der Waals surface area contributed by atoms with E-state index >= 15 is 0 Å². The number of nitrogens with zero attached hydrogens (tertiary/aromatic N) is 1. The number of hydrogen-bond donors (Lipinski definition) is 2. The van der Waals surface area contributed by atoms with E-state index in [2.05, 4.69) is 24.4 Å². The molecule has 0 saturated heterocycles. The van der Waals surface area contributed by atoms with Crippen LogP contribution in [0.5, 0.6) is 0 Å². The second kappa shape index (κ2) is 8.77. The Labute approximate surface area is 170 Å². The summed E-state index contributed by atoms with van der Waals surface area (Å²) < 4.78 is 32.0. The first-order valence-corrected chi connectivity index (χ1v) is 10.8. The van der Waals surface area contributed by atoms with Crippen molar-refractivity contribution in [3.63, 3.8) is 0 Å². The van der Waals surface area contributed by atoms with E-state index in [-0.39, 0.29) is 21.7 Å². The van der Waals surface area contributed by atoms with Crippen LogP contribution in [0.15, 0.2) is 68.9 Å². The van der Waals surface area contributed by atoms with Crippen LogP contribution in [0.1, 0.15) is 6.42 Å². The van der Waals surface area contributed by atoms with Crippen LogP contribution in [-0.4, -0.2) is 40.6 Å². The van der Waals surface area contributed by atoms with Gasteiger partial charge in [-0.1, -0.05) is 29.8 Å². The van der Waals surface area contributed by atoms with Crippen molar-refractivity contribution in [2.24, 2.45) is 0 Å². The fourth-order valence-corrected chi connectivity index (χ4v) is 4.10. The van der Waals surface area contributed by atoms with Gasteiger partial charge in [0.2, 0.25) is 26.6 Å². The minimum Gasteiger partial charge on any atom is -0.419 e. The molecule has 2 N–H and O–H groups in total. The molecule has 0 unspecified atom stereocenters. The lowest BCUT2D eigenvalue weighted by atomic mass is 10.2. The third-order valence-electron chi connectivity index (χ3n) is 4.13. The monoisotopic (exact) mass is 420 g/mol. The summed E-state index contributed by atoms with van der Waals surface area (Å²) in [6, 6.07) is 15.1. The fourth-order valence-electron chi connectivity index (χ4n) is 2.67. The minimum absolute atomic E-state index is 0.110. The van der Waals surface area contributed by atoms with Gasteiger partial charge in [-0.15, -0.1) is 0 Å². The minimum atomic E-state index is -3.82. The number of oxazole rings is 1. The number of benzene rings is 2. The molecule has 28 heavy (non-hydrogen) atoms. The Balaban J connectivity index is 1.97. The van der Waals surface area contributed by atoms with Gasteiger partial charge in [-0.05, 0) is 36.4 Å². The van der Waals surface area contributed by atoms with Gasteiger partial charge in [0.05, 0.1) is 25.5 Å². The highest BCUT2D eigenvalue weighted by molar-refractivity contribution is 7.91. The fraction of sp³-hybridized carbons (Fsp3) is 0.250. The van der Waals surface area contributed by atoms with Gasteiger partial charge in [0.1, 0.15) is 0 Å². The van der Waals surface area contributed by atoms with Gasteiger partial charge in [-0.2, -0.15) is 4.98 Å². The molecule has 3 rings (SSSR count). The highest BCUT2D eigenvalue weighted by Gasteiger charge is 2.28. The van der Waals surface area contributed by atoms with Crippen LogP contribution < -0.4 is 10.2 Å². The first-order valence-electron chi connectivity index (χ1n) is 8.98. The summed E-state index contributed by atoms with van der Waals surface area (Å²) in [7, 11) is 0.319. The van der Waals surface area contributed by atoms with Crippen molar-refractivity contribution in [2.45, 2.75) is 16.3 Å². The third kappa shape index (κ3) is 4.73. The van der Waals surface area contributed by atoms with Crippen molar-refractivity contribution in [1.82, 2.24) is 4.98 Å². The summed E-state index contributed by atoms with van der Waals surface area (Å²) in [6.45, 7) is 1.53. The number of hydrogen-bond acceptors (Lipinski definition) is 5. The van der Waals surface area contributed by atoms with E-state index in [1.165, 1.54) is 4.90 Å². The summed E-state index contributed by atoms with van der Waals surface area (Å²) in [5.74, 6) is 0.384. The lowest BCUT2D eigenvalue weighted by Gasteiger charge is -2.08. The van der Waals surface area contributed by atoms with Crippen LogP contribution in [0.4, 0.5) is 5.88 Å². The highest BCUT2D eigenvalue weighted by Crippen LogP contribution is 2.32. The molecule has 148 valence electrons. The number of nitrogens with one attached hydrogen (secondary N) is 2. The summed E-state index contributed by atoms with van der Waals surface area (Å²) in [5.41, 5.74) is 0.652. The SMILES string of the molecule is C[NH+](C)CCCNc1oc(-c2ccc(Cl)cc2)nc1S(=O)(=O)c1ccccc1. The summed E-state index contributed by atoms with van der Waals surface area (Å²) in [6.07, 6.45) is 0.865. The Bertz CT molecular complexity index is 1020. The largest absolute Gasteiger partial charge is 0.419 e. The van der Waals surface area contributed by atoms with Crippen LogP contribution >= 0.6 is 11.6 Å². The maximum absolute atomic E-state index is 13.1. The third-order valence-corrected chi connectivity index (χ3v) is 6.06. The summed E-state index contributed by atoms with van der Waals surface area (Å²) in [4.78, 5) is 5.80. The second-order valence-electron chi connectivity index (χ2n) is 6.71. The van der Waals surface area contributed by atoms with Gasteiger partial charge < -0.3 is 14.6 Å². The van der Waals surface area contributed by atoms with Crippen LogP contribution in [-0.2, 0) is 9.84 Å². The molecule has 3 aromatic rings. The number of anilines is 1. The van der Waals surface area contributed by atoms with Crippen molar-refractivity contribution < 1.29 is 17.7 Å². The van der Waals surface area contributed by atoms with Crippen molar-refractivity contribution in [3.05, 3.63) is 59.6 Å². The topological polar surface area (TPSA) is 76.6 Å². The molecule has 0 saturated carbocycles. The molecule has 0 amide bonds. The highest BCUT2D eigenvalue weighted by atomic mass is 35.5. The maximum atomic E-state index is 13.1. The number of sulfone groups is 1. The Morgan fingerprint density at radius 3 is 2.39 bits per heavy atom. The molecule has 1 heterocycles. The van der Waals surface area contributed by atoms with E-state index in [0.29, 0.717) is 17.1 Å². The predicted octanol–water partition coefficient (Wildman–Crippen LogP) is 2.77. The van der Waals surface area contributed by atoms with Crippen LogP contribution in [0.25, 0.3) is 11.5 Å². The van der Waals surface area contributed by atoms with Crippen LogP contribution in [0, 0.1) is 0 Å². The molecule has 2 aromatic carbocycles. The molecular formula is C20H23ClN3O3S+. The average molecular weight is 421 g/mol. The zero-order chi connectivity index (χ0) is 20.1. The summed E-state index contributed by atoms with van der Waals surface area (Å²) >= 11 is 5.94.